The van der Waals surface area contributed by atoms with Gasteiger partial charge in [-0.25, -0.2) is 4.98 Å². The van der Waals surface area contributed by atoms with Crippen LogP contribution in [0.15, 0.2) is 182 Å². The van der Waals surface area contributed by atoms with Crippen molar-refractivity contribution in [2.24, 2.45) is 0 Å². The normalized spacial score (nSPS) is 11.6. The molecule has 4 heterocycles. The van der Waals surface area contributed by atoms with Gasteiger partial charge in [0.2, 0.25) is 0 Å². The zero-order valence-electron chi connectivity index (χ0n) is 27.1. The number of pyridine rings is 2. The zero-order chi connectivity index (χ0) is 33.0. The van der Waals surface area contributed by atoms with E-state index in [0.29, 0.717) is 0 Å². The van der Waals surface area contributed by atoms with Gasteiger partial charge in [-0.05, 0) is 71.8 Å². The van der Waals surface area contributed by atoms with Crippen LogP contribution in [0.5, 0.6) is 0 Å². The average Bonchev–Trinajstić information content (AvgIpc) is 3.71. The van der Waals surface area contributed by atoms with Gasteiger partial charge in [-0.1, -0.05) is 115 Å². The van der Waals surface area contributed by atoms with Crippen LogP contribution in [0.4, 0.5) is 0 Å². The Hall–Kier alpha value is -6.78. The molecule has 234 valence electrons. The Morgan fingerprint density at radius 3 is 1.72 bits per heavy atom. The summed E-state index contributed by atoms with van der Waals surface area (Å²) in [4.78, 5) is 10.0. The van der Waals surface area contributed by atoms with E-state index in [-0.39, 0.29) is 0 Å². The second kappa shape index (κ2) is 11.4. The molecule has 10 rings (SSSR count). The number of rotatable bonds is 5. The van der Waals surface area contributed by atoms with E-state index in [1.807, 2.05) is 24.4 Å². The van der Waals surface area contributed by atoms with Crippen molar-refractivity contribution in [3.63, 3.8) is 0 Å². The van der Waals surface area contributed by atoms with Gasteiger partial charge in [-0.15, -0.1) is 0 Å². The Kier molecular flexibility index (Phi) is 6.46. The van der Waals surface area contributed by atoms with Gasteiger partial charge in [-0.2, -0.15) is 0 Å². The lowest BCUT2D eigenvalue weighted by Gasteiger charge is -2.13. The molecular formula is C46H30N4. The SMILES string of the molecule is c1ccc(-c2cc(-n3c4ccccc4c4c(-c5ccc6c(c5)c5ncccc5n6-c5ccccc5)cccc43)cc(-c3ccccc3)n2)cc1. The van der Waals surface area contributed by atoms with Crippen molar-refractivity contribution in [1.29, 1.82) is 0 Å². The summed E-state index contributed by atoms with van der Waals surface area (Å²) >= 11 is 0. The fraction of sp³-hybridized carbons (Fsp3) is 0. The summed E-state index contributed by atoms with van der Waals surface area (Å²) in [5, 5.41) is 3.57. The molecule has 0 saturated heterocycles. The Balaban J connectivity index is 1.23. The molecule has 0 aliphatic rings. The van der Waals surface area contributed by atoms with Crippen molar-refractivity contribution in [3.8, 4) is 45.0 Å². The maximum atomic E-state index is 5.17. The zero-order valence-corrected chi connectivity index (χ0v) is 27.1. The highest BCUT2D eigenvalue weighted by Gasteiger charge is 2.19. The molecule has 10 aromatic rings. The van der Waals surface area contributed by atoms with Gasteiger partial charge in [0, 0.05) is 39.2 Å². The Bertz CT molecular complexity index is 2790. The lowest BCUT2D eigenvalue weighted by Crippen LogP contribution is -1.98. The number of nitrogens with zero attached hydrogens (tertiary/aromatic N) is 4. The van der Waals surface area contributed by atoms with E-state index in [2.05, 4.69) is 167 Å². The van der Waals surface area contributed by atoms with Crippen LogP contribution in [-0.4, -0.2) is 19.1 Å². The van der Waals surface area contributed by atoms with Crippen LogP contribution in [0, 0.1) is 0 Å². The van der Waals surface area contributed by atoms with Gasteiger partial charge in [0.15, 0.2) is 0 Å². The van der Waals surface area contributed by atoms with Crippen LogP contribution in [0.25, 0.3) is 88.8 Å². The molecule has 0 fully saturated rings. The molecule has 0 bridgehead atoms. The minimum absolute atomic E-state index is 0.941. The molecule has 0 spiro atoms. The van der Waals surface area contributed by atoms with E-state index in [4.69, 9.17) is 9.97 Å². The van der Waals surface area contributed by atoms with Crippen LogP contribution >= 0.6 is 0 Å². The molecule has 0 atom stereocenters. The highest BCUT2D eigenvalue weighted by molar-refractivity contribution is 6.17. The maximum absolute atomic E-state index is 5.17. The largest absolute Gasteiger partial charge is 0.309 e. The van der Waals surface area contributed by atoms with Crippen molar-refractivity contribution < 1.29 is 0 Å². The van der Waals surface area contributed by atoms with Crippen molar-refractivity contribution in [3.05, 3.63) is 182 Å². The monoisotopic (exact) mass is 638 g/mol. The highest BCUT2D eigenvalue weighted by atomic mass is 15.0. The fourth-order valence-corrected chi connectivity index (χ4v) is 7.55. The molecule has 0 amide bonds. The van der Waals surface area contributed by atoms with Gasteiger partial charge in [0.05, 0.1) is 44.7 Å². The minimum Gasteiger partial charge on any atom is -0.309 e. The van der Waals surface area contributed by atoms with Gasteiger partial charge in [0.1, 0.15) is 0 Å². The van der Waals surface area contributed by atoms with E-state index in [9.17, 15) is 0 Å². The van der Waals surface area contributed by atoms with Crippen LogP contribution in [0.1, 0.15) is 0 Å². The van der Waals surface area contributed by atoms with Crippen LogP contribution < -0.4 is 0 Å². The summed E-state index contributed by atoms with van der Waals surface area (Å²) in [6, 6.07) is 62.3. The third-order valence-electron chi connectivity index (χ3n) is 9.75. The summed E-state index contributed by atoms with van der Waals surface area (Å²) < 4.78 is 4.71. The molecule has 0 saturated carbocycles. The number of benzene rings is 6. The van der Waals surface area contributed by atoms with Crippen molar-refractivity contribution in [1.82, 2.24) is 19.1 Å². The second-order valence-electron chi connectivity index (χ2n) is 12.7. The summed E-state index contributed by atoms with van der Waals surface area (Å²) in [7, 11) is 0. The number of fused-ring (bicyclic) bond motifs is 6. The molecule has 0 unspecified atom stereocenters. The second-order valence-corrected chi connectivity index (χ2v) is 12.7. The molecule has 0 aliphatic heterocycles. The van der Waals surface area contributed by atoms with Crippen molar-refractivity contribution in [2.45, 2.75) is 0 Å². The molecule has 0 aliphatic carbocycles. The summed E-state index contributed by atoms with van der Waals surface area (Å²) in [5.41, 5.74) is 14.2. The standard InChI is InChI=1S/C46H30N4/c1-4-14-31(15-5-1)39-29-35(30-40(48-39)32-16-6-2-7-17-32)50-41-22-11-10-20-37(41)45-36(21-12-23-43(45)50)33-25-26-42-38(28-33)46-44(24-13-27-47-46)49(42)34-18-8-3-9-19-34/h1-30H. The van der Waals surface area contributed by atoms with Crippen molar-refractivity contribution in [2.75, 3.05) is 0 Å². The van der Waals surface area contributed by atoms with Crippen LogP contribution in [0.2, 0.25) is 0 Å². The van der Waals surface area contributed by atoms with Gasteiger partial charge in [-0.3, -0.25) is 4.98 Å². The quantitative estimate of drug-likeness (QED) is 0.188. The van der Waals surface area contributed by atoms with Gasteiger partial charge in [0.25, 0.3) is 0 Å². The van der Waals surface area contributed by atoms with Crippen LogP contribution in [0.3, 0.4) is 0 Å². The number of aromatic nitrogens is 4. The highest BCUT2D eigenvalue weighted by Crippen LogP contribution is 2.41. The number of hydrogen-bond donors (Lipinski definition) is 0. The Morgan fingerprint density at radius 2 is 0.980 bits per heavy atom. The Labute approximate surface area is 289 Å². The third-order valence-corrected chi connectivity index (χ3v) is 9.75. The fourth-order valence-electron chi connectivity index (χ4n) is 7.55. The average molecular weight is 639 g/mol. The summed E-state index contributed by atoms with van der Waals surface area (Å²) in [5.74, 6) is 0. The Morgan fingerprint density at radius 1 is 0.380 bits per heavy atom. The minimum atomic E-state index is 0.941. The van der Waals surface area contributed by atoms with Crippen molar-refractivity contribution >= 4 is 43.7 Å². The molecule has 4 heteroatoms. The first-order chi connectivity index (χ1) is 24.8. The smallest absolute Gasteiger partial charge is 0.0963 e. The maximum Gasteiger partial charge on any atom is 0.0963 e. The molecular weight excluding hydrogens is 609 g/mol. The lowest BCUT2D eigenvalue weighted by molar-refractivity contribution is 1.16. The topological polar surface area (TPSA) is 35.6 Å². The third kappa shape index (κ3) is 4.46. The van der Waals surface area contributed by atoms with Crippen LogP contribution in [-0.2, 0) is 0 Å². The molecule has 0 radical (unpaired) electrons. The first-order valence-electron chi connectivity index (χ1n) is 16.9. The summed E-state index contributed by atoms with van der Waals surface area (Å²) in [6.45, 7) is 0. The lowest BCUT2D eigenvalue weighted by atomic mass is 9.98. The van der Waals surface area contributed by atoms with E-state index in [1.165, 1.54) is 16.3 Å². The van der Waals surface area contributed by atoms with E-state index >= 15 is 0 Å². The molecule has 50 heavy (non-hydrogen) atoms. The first-order valence-corrected chi connectivity index (χ1v) is 16.9. The predicted octanol–water partition coefficient (Wildman–Crippen LogP) is 11.7. The molecule has 4 nitrogen and oxygen atoms in total. The van der Waals surface area contributed by atoms with Gasteiger partial charge < -0.3 is 9.13 Å². The van der Waals surface area contributed by atoms with Gasteiger partial charge >= 0.3 is 0 Å². The first kappa shape index (κ1) is 28.3. The molecule has 0 N–H and O–H groups in total. The molecule has 4 aromatic heterocycles. The van der Waals surface area contributed by atoms with E-state index < -0.39 is 0 Å². The number of para-hydroxylation sites is 2. The summed E-state index contributed by atoms with van der Waals surface area (Å²) in [6.07, 6.45) is 1.89. The molecule has 6 aromatic carbocycles. The number of hydrogen-bond acceptors (Lipinski definition) is 2. The van der Waals surface area contributed by atoms with E-state index in [0.717, 1.165) is 72.4 Å². The predicted molar refractivity (Wildman–Crippen MR) is 207 cm³/mol. The van der Waals surface area contributed by atoms with E-state index in [1.54, 1.807) is 0 Å².